The second-order valence-electron chi connectivity index (χ2n) is 15.2. The van der Waals surface area contributed by atoms with E-state index in [0.717, 1.165) is 70.8 Å². The molecule has 0 saturated heterocycles. The molecule has 0 N–H and O–H groups in total. The molecule has 9 aromatic carbocycles. The van der Waals surface area contributed by atoms with Crippen molar-refractivity contribution in [1.82, 2.24) is 19.5 Å². The maximum atomic E-state index is 7.05. The zero-order chi connectivity index (χ0) is 38.6. The van der Waals surface area contributed by atoms with Gasteiger partial charge in [-0.3, -0.25) is 0 Å². The van der Waals surface area contributed by atoms with Gasteiger partial charge in [0.25, 0.3) is 0 Å². The molecule has 0 fully saturated rings. The molecule has 0 saturated carbocycles. The van der Waals surface area contributed by atoms with Crippen molar-refractivity contribution >= 4 is 96.8 Å². The van der Waals surface area contributed by atoms with Gasteiger partial charge in [-0.1, -0.05) is 133 Å². The van der Waals surface area contributed by atoms with Crippen LogP contribution in [0.4, 0.5) is 0 Å². The minimum Gasteiger partial charge on any atom is -0.455 e. The number of thiophene rings is 1. The molecule has 4 aromatic heterocycles. The summed E-state index contributed by atoms with van der Waals surface area (Å²) in [6.07, 6.45) is 0. The lowest BCUT2D eigenvalue weighted by Crippen LogP contribution is -2.01. The summed E-state index contributed by atoms with van der Waals surface area (Å²) in [7, 11) is 0. The van der Waals surface area contributed by atoms with Gasteiger partial charge in [-0.25, -0.2) is 15.0 Å². The standard InChI is InChI=1S/C53H30N4OS/c1-2-14-32(15-3-1)51-54-52(41-22-12-21-40-38-20-9-11-24-47(38)59-50(40)41)56-53(55-51)44-30-35(29-43-39-26-25-31-13-6-7-18-36(31)48(39)58-49(43)44)57-45-23-10-8-19-37(45)42-27-33-16-4-5-17-34(33)28-46(42)57/h1-30H. The summed E-state index contributed by atoms with van der Waals surface area (Å²) in [5.41, 5.74) is 7.53. The summed E-state index contributed by atoms with van der Waals surface area (Å²) < 4.78 is 11.8. The molecule has 0 spiro atoms. The Labute approximate surface area is 341 Å². The Morgan fingerprint density at radius 1 is 0.390 bits per heavy atom. The summed E-state index contributed by atoms with van der Waals surface area (Å²) in [6.45, 7) is 0. The second kappa shape index (κ2) is 12.4. The van der Waals surface area contributed by atoms with Crippen LogP contribution in [0, 0.1) is 0 Å². The number of benzene rings is 9. The zero-order valence-electron chi connectivity index (χ0n) is 31.4. The molecule has 0 aliphatic rings. The summed E-state index contributed by atoms with van der Waals surface area (Å²) in [5, 5.41) is 11.5. The molecule has 0 bridgehead atoms. The van der Waals surface area contributed by atoms with Gasteiger partial charge in [0.15, 0.2) is 17.5 Å². The van der Waals surface area contributed by atoms with E-state index in [1.54, 1.807) is 11.3 Å². The van der Waals surface area contributed by atoms with Crippen molar-refractivity contribution in [3.8, 4) is 39.9 Å². The van der Waals surface area contributed by atoms with Crippen LogP contribution in [-0.2, 0) is 0 Å². The average molecular weight is 771 g/mol. The third-order valence-corrected chi connectivity index (χ3v) is 13.0. The van der Waals surface area contributed by atoms with Crippen molar-refractivity contribution in [2.24, 2.45) is 0 Å². The van der Waals surface area contributed by atoms with Crippen molar-refractivity contribution < 1.29 is 4.42 Å². The maximum absolute atomic E-state index is 7.05. The average Bonchev–Trinajstić information content (AvgIpc) is 3.98. The molecule has 0 aliphatic heterocycles. The molecule has 0 radical (unpaired) electrons. The number of fused-ring (bicyclic) bond motifs is 12. The van der Waals surface area contributed by atoms with Crippen LogP contribution in [0.5, 0.6) is 0 Å². The number of rotatable bonds is 4. The lowest BCUT2D eigenvalue weighted by Gasteiger charge is -2.13. The molecular weight excluding hydrogens is 741 g/mol. The van der Waals surface area contributed by atoms with Crippen molar-refractivity contribution in [3.63, 3.8) is 0 Å². The Bertz CT molecular complexity index is 3860. The molecule has 59 heavy (non-hydrogen) atoms. The van der Waals surface area contributed by atoms with Crippen LogP contribution in [0.25, 0.3) is 125 Å². The van der Waals surface area contributed by atoms with E-state index < -0.39 is 0 Å². The Morgan fingerprint density at radius 3 is 1.93 bits per heavy atom. The van der Waals surface area contributed by atoms with Gasteiger partial charge in [-0.2, -0.15) is 0 Å². The topological polar surface area (TPSA) is 56.7 Å². The monoisotopic (exact) mass is 770 g/mol. The van der Waals surface area contributed by atoms with E-state index in [2.05, 4.69) is 168 Å². The van der Waals surface area contributed by atoms with Crippen LogP contribution in [0.3, 0.4) is 0 Å². The summed E-state index contributed by atoms with van der Waals surface area (Å²) in [4.78, 5) is 15.9. The molecule has 0 atom stereocenters. The predicted octanol–water partition coefficient (Wildman–Crippen LogP) is 14.5. The fourth-order valence-electron chi connectivity index (χ4n) is 9.08. The van der Waals surface area contributed by atoms with E-state index in [1.807, 2.05) is 18.2 Å². The van der Waals surface area contributed by atoms with Crippen LogP contribution in [0.1, 0.15) is 0 Å². The number of furan rings is 1. The Kier molecular flexibility index (Phi) is 6.82. The van der Waals surface area contributed by atoms with Crippen LogP contribution in [0.15, 0.2) is 186 Å². The quantitative estimate of drug-likeness (QED) is 0.179. The zero-order valence-corrected chi connectivity index (χ0v) is 32.2. The predicted molar refractivity (Wildman–Crippen MR) is 246 cm³/mol. The lowest BCUT2D eigenvalue weighted by molar-refractivity contribution is 0.673. The second-order valence-corrected chi connectivity index (χ2v) is 16.2. The fraction of sp³-hybridized carbons (Fsp3) is 0. The van der Waals surface area contributed by atoms with Crippen LogP contribution < -0.4 is 0 Å². The maximum Gasteiger partial charge on any atom is 0.167 e. The van der Waals surface area contributed by atoms with Crippen LogP contribution in [0.2, 0.25) is 0 Å². The van der Waals surface area contributed by atoms with E-state index in [9.17, 15) is 0 Å². The molecule has 4 heterocycles. The molecule has 5 nitrogen and oxygen atoms in total. The van der Waals surface area contributed by atoms with Gasteiger partial charge in [0, 0.05) is 63.9 Å². The summed E-state index contributed by atoms with van der Waals surface area (Å²) in [5.74, 6) is 1.77. The van der Waals surface area contributed by atoms with Gasteiger partial charge >= 0.3 is 0 Å². The van der Waals surface area contributed by atoms with E-state index >= 15 is 0 Å². The normalized spacial score (nSPS) is 12.1. The minimum absolute atomic E-state index is 0.549. The molecule has 0 aliphatic carbocycles. The van der Waals surface area contributed by atoms with Gasteiger partial charge in [-0.15, -0.1) is 11.3 Å². The molecule has 274 valence electrons. The fourth-order valence-corrected chi connectivity index (χ4v) is 10.3. The molecular formula is C53H30N4OS. The van der Waals surface area contributed by atoms with Crippen molar-refractivity contribution in [2.45, 2.75) is 0 Å². The number of nitrogens with zero attached hydrogens (tertiary/aromatic N) is 4. The third-order valence-electron chi connectivity index (χ3n) is 11.8. The summed E-state index contributed by atoms with van der Waals surface area (Å²) in [6, 6.07) is 64.4. The Hall–Kier alpha value is -7.67. The minimum atomic E-state index is 0.549. The molecule has 6 heteroatoms. The van der Waals surface area contributed by atoms with Gasteiger partial charge in [-0.05, 0) is 64.7 Å². The number of para-hydroxylation sites is 1. The van der Waals surface area contributed by atoms with E-state index in [0.29, 0.717) is 17.5 Å². The number of hydrogen-bond acceptors (Lipinski definition) is 5. The van der Waals surface area contributed by atoms with Gasteiger partial charge < -0.3 is 8.98 Å². The summed E-state index contributed by atoms with van der Waals surface area (Å²) >= 11 is 1.77. The molecule has 13 rings (SSSR count). The van der Waals surface area contributed by atoms with Crippen LogP contribution >= 0.6 is 11.3 Å². The Balaban J connectivity index is 1.16. The van der Waals surface area contributed by atoms with Gasteiger partial charge in [0.1, 0.15) is 11.2 Å². The SMILES string of the molecule is c1ccc(-c2nc(-c3cc(-n4c5ccccc5c5cc6ccccc6cc54)cc4c3oc3c5ccccc5ccc43)nc(-c3cccc4c3sc3ccccc34)n2)cc1. The van der Waals surface area contributed by atoms with Crippen LogP contribution in [-0.4, -0.2) is 19.5 Å². The van der Waals surface area contributed by atoms with Gasteiger partial charge in [0.05, 0.1) is 16.6 Å². The number of aromatic nitrogens is 4. The van der Waals surface area contributed by atoms with E-state index in [-0.39, 0.29) is 0 Å². The van der Waals surface area contributed by atoms with Gasteiger partial charge in [0.2, 0.25) is 0 Å². The first-order chi connectivity index (χ1) is 29.2. The molecule has 0 unspecified atom stereocenters. The Morgan fingerprint density at radius 2 is 1.07 bits per heavy atom. The highest BCUT2D eigenvalue weighted by Gasteiger charge is 2.23. The number of hydrogen-bond donors (Lipinski definition) is 0. The smallest absolute Gasteiger partial charge is 0.167 e. The third kappa shape index (κ3) is 4.87. The van der Waals surface area contributed by atoms with E-state index in [1.165, 1.54) is 37.0 Å². The first-order valence-electron chi connectivity index (χ1n) is 19.8. The molecule has 13 aromatic rings. The van der Waals surface area contributed by atoms with Crippen molar-refractivity contribution in [1.29, 1.82) is 0 Å². The van der Waals surface area contributed by atoms with E-state index in [4.69, 9.17) is 19.4 Å². The highest BCUT2D eigenvalue weighted by Crippen LogP contribution is 2.44. The van der Waals surface area contributed by atoms with Crippen molar-refractivity contribution in [3.05, 3.63) is 182 Å². The highest BCUT2D eigenvalue weighted by molar-refractivity contribution is 7.26. The molecule has 0 amide bonds. The lowest BCUT2D eigenvalue weighted by atomic mass is 10.0. The van der Waals surface area contributed by atoms with Crippen molar-refractivity contribution in [2.75, 3.05) is 0 Å². The first kappa shape index (κ1) is 32.4. The first-order valence-corrected chi connectivity index (χ1v) is 20.6. The largest absolute Gasteiger partial charge is 0.455 e. The highest BCUT2D eigenvalue weighted by atomic mass is 32.1.